The second-order valence-corrected chi connectivity index (χ2v) is 4.25. The van der Waals surface area contributed by atoms with E-state index in [2.05, 4.69) is 4.98 Å². The molecule has 0 fully saturated rings. The SMILES string of the molecule is CSc1ccccc1Oc1c(F)c(F)nc(F)c1F. The van der Waals surface area contributed by atoms with Crippen LogP contribution in [0.25, 0.3) is 0 Å². The van der Waals surface area contributed by atoms with Crippen molar-refractivity contribution in [3.05, 3.63) is 47.8 Å². The molecular formula is C12H7F4NOS. The first-order valence-corrected chi connectivity index (χ1v) is 6.28. The molecule has 0 saturated carbocycles. The maximum atomic E-state index is 13.4. The van der Waals surface area contributed by atoms with Crippen molar-refractivity contribution in [1.29, 1.82) is 0 Å². The van der Waals surface area contributed by atoms with Crippen LogP contribution in [0, 0.1) is 23.5 Å². The number of rotatable bonds is 3. The average Bonchev–Trinajstić information content (AvgIpc) is 2.42. The van der Waals surface area contributed by atoms with Crippen molar-refractivity contribution in [1.82, 2.24) is 4.98 Å². The lowest BCUT2D eigenvalue weighted by Crippen LogP contribution is -2.03. The lowest BCUT2D eigenvalue weighted by atomic mass is 10.3. The minimum absolute atomic E-state index is 0.0952. The Hall–Kier alpha value is -1.76. The normalized spacial score (nSPS) is 10.6. The summed E-state index contributed by atoms with van der Waals surface area (Å²) in [4.78, 5) is 3.02. The molecule has 0 saturated heterocycles. The number of aromatic nitrogens is 1. The van der Waals surface area contributed by atoms with Gasteiger partial charge in [-0.2, -0.15) is 22.5 Å². The molecule has 0 aliphatic rings. The van der Waals surface area contributed by atoms with Crippen LogP contribution in [0.1, 0.15) is 0 Å². The minimum Gasteiger partial charge on any atom is -0.450 e. The van der Waals surface area contributed by atoms with Crippen LogP contribution in [-0.2, 0) is 0 Å². The maximum absolute atomic E-state index is 13.4. The molecule has 0 amide bonds. The van der Waals surface area contributed by atoms with E-state index in [0.717, 1.165) is 0 Å². The lowest BCUT2D eigenvalue weighted by Gasteiger charge is -2.11. The van der Waals surface area contributed by atoms with Gasteiger partial charge in [-0.1, -0.05) is 12.1 Å². The molecule has 2 aromatic rings. The average molecular weight is 289 g/mol. The Morgan fingerprint density at radius 2 is 1.58 bits per heavy atom. The van der Waals surface area contributed by atoms with E-state index in [-0.39, 0.29) is 5.75 Å². The molecule has 19 heavy (non-hydrogen) atoms. The van der Waals surface area contributed by atoms with Gasteiger partial charge in [-0.25, -0.2) is 0 Å². The highest BCUT2D eigenvalue weighted by molar-refractivity contribution is 7.98. The summed E-state index contributed by atoms with van der Waals surface area (Å²) in [5, 5.41) is 0. The topological polar surface area (TPSA) is 22.1 Å². The van der Waals surface area contributed by atoms with E-state index in [0.29, 0.717) is 4.90 Å². The van der Waals surface area contributed by atoms with Crippen molar-refractivity contribution >= 4 is 11.8 Å². The van der Waals surface area contributed by atoms with Crippen molar-refractivity contribution in [2.24, 2.45) is 0 Å². The number of hydrogen-bond acceptors (Lipinski definition) is 3. The van der Waals surface area contributed by atoms with Gasteiger partial charge in [0.1, 0.15) is 5.75 Å². The number of ether oxygens (including phenoxy) is 1. The third kappa shape index (κ3) is 2.65. The zero-order valence-corrected chi connectivity index (χ0v) is 10.4. The third-order valence-corrected chi connectivity index (χ3v) is 3.02. The van der Waals surface area contributed by atoms with E-state index >= 15 is 0 Å². The molecule has 0 radical (unpaired) electrons. The Kier molecular flexibility index (Phi) is 3.94. The molecule has 0 aliphatic carbocycles. The molecular weight excluding hydrogens is 282 g/mol. The van der Waals surface area contributed by atoms with E-state index in [1.54, 1.807) is 24.5 Å². The summed E-state index contributed by atoms with van der Waals surface area (Å²) >= 11 is 1.26. The van der Waals surface area contributed by atoms with Crippen LogP contribution in [0.3, 0.4) is 0 Å². The highest BCUT2D eigenvalue weighted by Gasteiger charge is 2.23. The quantitative estimate of drug-likeness (QED) is 0.481. The molecule has 1 aromatic heterocycles. The van der Waals surface area contributed by atoms with Crippen molar-refractivity contribution in [3.63, 3.8) is 0 Å². The van der Waals surface area contributed by atoms with Crippen LogP contribution in [0.15, 0.2) is 29.2 Å². The first-order chi connectivity index (χ1) is 9.04. The standard InChI is InChI=1S/C12H7F4NOS/c1-19-7-5-3-2-4-6(7)18-10-8(13)11(15)17-12(16)9(10)14/h2-5H,1H3. The molecule has 0 unspecified atom stereocenters. The smallest absolute Gasteiger partial charge is 0.255 e. The minimum atomic E-state index is -1.75. The molecule has 0 atom stereocenters. The summed E-state index contributed by atoms with van der Waals surface area (Å²) in [6, 6.07) is 6.34. The van der Waals surface area contributed by atoms with E-state index in [9.17, 15) is 17.6 Å². The van der Waals surface area contributed by atoms with E-state index in [1.165, 1.54) is 17.8 Å². The van der Waals surface area contributed by atoms with Gasteiger partial charge in [-0.15, -0.1) is 11.8 Å². The van der Waals surface area contributed by atoms with Crippen LogP contribution in [0.4, 0.5) is 17.6 Å². The fourth-order valence-corrected chi connectivity index (χ4v) is 1.90. The molecule has 100 valence electrons. The van der Waals surface area contributed by atoms with Crippen LogP contribution >= 0.6 is 11.8 Å². The van der Waals surface area contributed by atoms with Crippen LogP contribution in [0.5, 0.6) is 11.5 Å². The highest BCUT2D eigenvalue weighted by atomic mass is 32.2. The Morgan fingerprint density at radius 3 is 2.16 bits per heavy atom. The zero-order chi connectivity index (χ0) is 14.0. The van der Waals surface area contributed by atoms with Gasteiger partial charge in [-0.3, -0.25) is 0 Å². The molecule has 0 spiro atoms. The number of halogens is 4. The molecule has 1 heterocycles. The molecule has 0 aliphatic heterocycles. The second-order valence-electron chi connectivity index (χ2n) is 3.40. The molecule has 2 nitrogen and oxygen atoms in total. The van der Waals surface area contributed by atoms with Crippen molar-refractivity contribution in [3.8, 4) is 11.5 Å². The maximum Gasteiger partial charge on any atom is 0.255 e. The lowest BCUT2D eigenvalue weighted by molar-refractivity contribution is 0.340. The monoisotopic (exact) mass is 289 g/mol. The van der Waals surface area contributed by atoms with Crippen molar-refractivity contribution in [2.75, 3.05) is 6.26 Å². The predicted molar refractivity (Wildman–Crippen MR) is 62.4 cm³/mol. The third-order valence-electron chi connectivity index (χ3n) is 2.24. The van der Waals surface area contributed by atoms with Gasteiger partial charge in [0.2, 0.25) is 17.4 Å². The summed E-state index contributed by atoms with van der Waals surface area (Å²) in [7, 11) is 0. The number of benzene rings is 1. The summed E-state index contributed by atoms with van der Waals surface area (Å²) < 4.78 is 57.6. The zero-order valence-electron chi connectivity index (χ0n) is 9.58. The predicted octanol–water partition coefficient (Wildman–Crippen LogP) is 4.15. The number of para-hydroxylation sites is 1. The Morgan fingerprint density at radius 1 is 1.00 bits per heavy atom. The molecule has 2 rings (SSSR count). The van der Waals surface area contributed by atoms with Gasteiger partial charge >= 0.3 is 0 Å². The van der Waals surface area contributed by atoms with Crippen LogP contribution < -0.4 is 4.74 Å². The largest absolute Gasteiger partial charge is 0.450 e. The van der Waals surface area contributed by atoms with Gasteiger partial charge in [0.15, 0.2) is 0 Å². The Labute approximate surface area is 110 Å². The van der Waals surface area contributed by atoms with Crippen molar-refractivity contribution < 1.29 is 22.3 Å². The number of pyridine rings is 1. The summed E-state index contributed by atoms with van der Waals surface area (Å²) in [5.41, 5.74) is 0. The van der Waals surface area contributed by atoms with Crippen LogP contribution in [-0.4, -0.2) is 11.2 Å². The van der Waals surface area contributed by atoms with Crippen molar-refractivity contribution in [2.45, 2.75) is 4.90 Å². The van der Waals surface area contributed by atoms with Crippen LogP contribution in [0.2, 0.25) is 0 Å². The van der Waals surface area contributed by atoms with Gasteiger partial charge in [0.05, 0.1) is 0 Å². The Balaban J connectivity index is 2.49. The first kappa shape index (κ1) is 13.7. The highest BCUT2D eigenvalue weighted by Crippen LogP contribution is 2.34. The number of hydrogen-bond donors (Lipinski definition) is 0. The molecule has 1 aromatic carbocycles. The second kappa shape index (κ2) is 5.48. The summed E-state index contributed by atoms with van der Waals surface area (Å²) in [6.45, 7) is 0. The molecule has 0 N–H and O–H groups in total. The van der Waals surface area contributed by atoms with Gasteiger partial charge in [-0.05, 0) is 18.4 Å². The molecule has 0 bridgehead atoms. The van der Waals surface area contributed by atoms with E-state index in [4.69, 9.17) is 4.74 Å². The van der Waals surface area contributed by atoms with Gasteiger partial charge in [0, 0.05) is 4.90 Å². The molecule has 7 heteroatoms. The Bertz CT molecular complexity index is 595. The van der Waals surface area contributed by atoms with E-state index < -0.39 is 29.3 Å². The first-order valence-electron chi connectivity index (χ1n) is 5.05. The summed E-state index contributed by atoms with van der Waals surface area (Å²) in [6.07, 6.45) is 1.72. The summed E-state index contributed by atoms with van der Waals surface area (Å²) in [5.74, 6) is -7.90. The number of nitrogens with zero attached hydrogens (tertiary/aromatic N) is 1. The fourth-order valence-electron chi connectivity index (χ4n) is 1.37. The number of thioether (sulfide) groups is 1. The fraction of sp³-hybridized carbons (Fsp3) is 0.0833. The van der Waals surface area contributed by atoms with Gasteiger partial charge in [0.25, 0.3) is 11.9 Å². The van der Waals surface area contributed by atoms with Gasteiger partial charge < -0.3 is 4.74 Å². The van der Waals surface area contributed by atoms with E-state index in [1.807, 2.05) is 0 Å².